The van der Waals surface area contributed by atoms with Gasteiger partial charge in [0.1, 0.15) is 0 Å². The highest BCUT2D eigenvalue weighted by atomic mass is 16.6. The fourth-order valence-corrected chi connectivity index (χ4v) is 3.17. The summed E-state index contributed by atoms with van der Waals surface area (Å²) < 4.78 is 1.72. The highest BCUT2D eigenvalue weighted by Crippen LogP contribution is 2.26. The van der Waals surface area contributed by atoms with E-state index in [1.807, 2.05) is 54.6 Å². The molecule has 1 heterocycles. The van der Waals surface area contributed by atoms with Crippen molar-refractivity contribution in [1.82, 2.24) is 4.57 Å². The Hall–Kier alpha value is -3.47. The van der Waals surface area contributed by atoms with Crippen LogP contribution in [0.2, 0.25) is 0 Å². The molecule has 0 atom stereocenters. The number of fused-ring (bicyclic) bond motifs is 3. The molecule has 0 bridgehead atoms. The Kier molecular flexibility index (Phi) is 3.54. The van der Waals surface area contributed by atoms with Gasteiger partial charge in [-0.2, -0.15) is 0 Å². The maximum absolute atomic E-state index is 13.0. The average Bonchev–Trinajstić information content (AvgIpc) is 2.65. The van der Waals surface area contributed by atoms with Crippen molar-refractivity contribution in [3.63, 3.8) is 0 Å². The molecular weight excluding hydrogens is 316 g/mol. The summed E-state index contributed by atoms with van der Waals surface area (Å²) >= 11 is 0. The predicted octanol–water partition coefficient (Wildman–Crippen LogP) is 4.11. The quantitative estimate of drug-likeness (QED) is 0.322. The summed E-state index contributed by atoms with van der Waals surface area (Å²) in [6, 6.07) is 21.7. The Morgan fingerprint density at radius 1 is 0.840 bits per heavy atom. The van der Waals surface area contributed by atoms with E-state index in [0.717, 1.165) is 16.5 Å². The molecule has 0 saturated carbocycles. The van der Waals surface area contributed by atoms with Gasteiger partial charge in [0.15, 0.2) is 0 Å². The first-order valence-electron chi connectivity index (χ1n) is 7.89. The molecule has 0 amide bonds. The number of hydrogen-bond donors (Lipinski definition) is 0. The zero-order chi connectivity index (χ0) is 17.4. The van der Waals surface area contributed by atoms with Crippen LogP contribution in [-0.4, -0.2) is 9.49 Å². The first-order valence-corrected chi connectivity index (χ1v) is 7.89. The molecule has 122 valence electrons. The van der Waals surface area contributed by atoms with Gasteiger partial charge >= 0.3 is 0 Å². The molecule has 5 nitrogen and oxygen atoms in total. The van der Waals surface area contributed by atoms with Crippen LogP contribution in [0.15, 0.2) is 77.6 Å². The van der Waals surface area contributed by atoms with Gasteiger partial charge in [-0.15, -0.1) is 0 Å². The number of benzene rings is 3. The zero-order valence-corrected chi connectivity index (χ0v) is 13.3. The van der Waals surface area contributed by atoms with E-state index in [0.29, 0.717) is 17.3 Å². The van der Waals surface area contributed by atoms with E-state index >= 15 is 0 Å². The van der Waals surface area contributed by atoms with E-state index in [9.17, 15) is 14.9 Å². The van der Waals surface area contributed by atoms with Crippen LogP contribution >= 0.6 is 0 Å². The predicted molar refractivity (Wildman–Crippen MR) is 97.9 cm³/mol. The summed E-state index contributed by atoms with van der Waals surface area (Å²) in [5, 5.41) is 13.0. The van der Waals surface area contributed by atoms with E-state index in [4.69, 9.17) is 0 Å². The summed E-state index contributed by atoms with van der Waals surface area (Å²) in [6.45, 7) is 0.452. The third-order valence-corrected chi connectivity index (χ3v) is 4.36. The fourth-order valence-electron chi connectivity index (χ4n) is 3.17. The Balaban J connectivity index is 2.06. The monoisotopic (exact) mass is 330 g/mol. The Labute approximate surface area is 142 Å². The SMILES string of the molecule is O=c1c2ccc([N+](=O)[O-])cc2c2ccccc2n1Cc1ccccc1. The summed E-state index contributed by atoms with van der Waals surface area (Å²) in [5.41, 5.74) is 1.63. The second-order valence-electron chi connectivity index (χ2n) is 5.88. The van der Waals surface area contributed by atoms with Crippen LogP contribution in [0.25, 0.3) is 21.7 Å². The first-order chi connectivity index (χ1) is 12.1. The van der Waals surface area contributed by atoms with Crippen molar-refractivity contribution in [3.8, 4) is 0 Å². The molecule has 0 fully saturated rings. The molecule has 4 rings (SSSR count). The van der Waals surface area contributed by atoms with Crippen molar-refractivity contribution in [2.75, 3.05) is 0 Å². The number of hydrogen-bond acceptors (Lipinski definition) is 3. The summed E-state index contributed by atoms with van der Waals surface area (Å²) in [7, 11) is 0. The van der Waals surface area contributed by atoms with Gasteiger partial charge in [0, 0.05) is 28.3 Å². The number of non-ortho nitro benzene ring substituents is 1. The van der Waals surface area contributed by atoms with Gasteiger partial charge in [-0.05, 0) is 17.7 Å². The van der Waals surface area contributed by atoms with E-state index < -0.39 is 4.92 Å². The molecule has 0 saturated heterocycles. The van der Waals surface area contributed by atoms with Crippen molar-refractivity contribution in [3.05, 3.63) is 98.8 Å². The highest BCUT2D eigenvalue weighted by molar-refractivity contribution is 6.06. The van der Waals surface area contributed by atoms with Crippen LogP contribution in [0.3, 0.4) is 0 Å². The molecule has 1 aromatic heterocycles. The maximum atomic E-state index is 13.0. The molecule has 5 heteroatoms. The van der Waals surface area contributed by atoms with Crippen LogP contribution in [0.5, 0.6) is 0 Å². The van der Waals surface area contributed by atoms with Crippen molar-refractivity contribution >= 4 is 27.4 Å². The largest absolute Gasteiger partial charge is 0.303 e. The lowest BCUT2D eigenvalue weighted by Crippen LogP contribution is -2.21. The molecule has 4 aromatic rings. The van der Waals surface area contributed by atoms with Crippen molar-refractivity contribution in [2.24, 2.45) is 0 Å². The van der Waals surface area contributed by atoms with Gasteiger partial charge < -0.3 is 4.57 Å². The van der Waals surface area contributed by atoms with Crippen LogP contribution in [0.1, 0.15) is 5.56 Å². The van der Waals surface area contributed by atoms with Crippen molar-refractivity contribution in [2.45, 2.75) is 6.54 Å². The van der Waals surface area contributed by atoms with Gasteiger partial charge in [-0.1, -0.05) is 48.5 Å². The molecule has 0 unspecified atom stereocenters. The minimum atomic E-state index is -0.441. The van der Waals surface area contributed by atoms with Crippen molar-refractivity contribution < 1.29 is 4.92 Å². The van der Waals surface area contributed by atoms with Crippen LogP contribution in [0, 0.1) is 10.1 Å². The highest BCUT2D eigenvalue weighted by Gasteiger charge is 2.14. The molecule has 0 spiro atoms. The third kappa shape index (κ3) is 2.55. The molecule has 3 aromatic carbocycles. The van der Waals surface area contributed by atoms with E-state index in [1.165, 1.54) is 12.1 Å². The zero-order valence-electron chi connectivity index (χ0n) is 13.3. The molecule has 0 aliphatic rings. The maximum Gasteiger partial charge on any atom is 0.270 e. The Morgan fingerprint density at radius 2 is 1.56 bits per heavy atom. The molecule has 0 N–H and O–H groups in total. The number of para-hydroxylation sites is 1. The number of rotatable bonds is 3. The summed E-state index contributed by atoms with van der Waals surface area (Å²) in [6.07, 6.45) is 0. The Morgan fingerprint density at radius 3 is 2.32 bits per heavy atom. The smallest absolute Gasteiger partial charge is 0.270 e. The van der Waals surface area contributed by atoms with Gasteiger partial charge in [0.2, 0.25) is 0 Å². The molecule has 0 radical (unpaired) electrons. The van der Waals surface area contributed by atoms with Gasteiger partial charge in [0.05, 0.1) is 17.0 Å². The van der Waals surface area contributed by atoms with E-state index in [1.54, 1.807) is 10.6 Å². The molecule has 25 heavy (non-hydrogen) atoms. The normalized spacial score (nSPS) is 11.0. The van der Waals surface area contributed by atoms with Gasteiger partial charge in [-0.25, -0.2) is 0 Å². The molecule has 0 aliphatic carbocycles. The fraction of sp³-hybridized carbons (Fsp3) is 0.0500. The third-order valence-electron chi connectivity index (χ3n) is 4.36. The first kappa shape index (κ1) is 15.1. The topological polar surface area (TPSA) is 65.1 Å². The second kappa shape index (κ2) is 5.87. The average molecular weight is 330 g/mol. The number of nitro benzene ring substituents is 1. The summed E-state index contributed by atoms with van der Waals surface area (Å²) in [5.74, 6) is 0. The number of aromatic nitrogens is 1. The van der Waals surface area contributed by atoms with Gasteiger partial charge in [-0.3, -0.25) is 14.9 Å². The minimum Gasteiger partial charge on any atom is -0.303 e. The number of nitro groups is 1. The minimum absolute atomic E-state index is 0.0159. The van der Waals surface area contributed by atoms with Gasteiger partial charge in [0.25, 0.3) is 11.2 Å². The van der Waals surface area contributed by atoms with E-state index in [2.05, 4.69) is 0 Å². The van der Waals surface area contributed by atoms with E-state index in [-0.39, 0.29) is 11.2 Å². The molecule has 0 aliphatic heterocycles. The Bertz CT molecular complexity index is 1160. The second-order valence-corrected chi connectivity index (χ2v) is 5.88. The standard InChI is InChI=1S/C20H14N2O3/c23-20-17-11-10-15(22(24)25)12-18(17)16-8-4-5-9-19(16)21(20)13-14-6-2-1-3-7-14/h1-12H,13H2. The summed E-state index contributed by atoms with van der Waals surface area (Å²) in [4.78, 5) is 23.7. The number of nitrogens with zero attached hydrogens (tertiary/aromatic N) is 2. The van der Waals surface area contributed by atoms with Crippen LogP contribution < -0.4 is 5.56 Å². The molecular formula is C20H14N2O3. The number of pyridine rings is 1. The lowest BCUT2D eigenvalue weighted by molar-refractivity contribution is -0.384. The lowest BCUT2D eigenvalue weighted by Gasteiger charge is -2.13. The lowest BCUT2D eigenvalue weighted by atomic mass is 10.0. The van der Waals surface area contributed by atoms with Crippen LogP contribution in [0.4, 0.5) is 5.69 Å². The van der Waals surface area contributed by atoms with Crippen molar-refractivity contribution in [1.29, 1.82) is 0 Å². The van der Waals surface area contributed by atoms with Crippen LogP contribution in [-0.2, 0) is 6.54 Å².